The van der Waals surface area contributed by atoms with E-state index in [-0.39, 0.29) is 28.5 Å². The van der Waals surface area contributed by atoms with Crippen LogP contribution in [0.25, 0.3) is 0 Å². The number of para-hydroxylation sites is 1. The minimum atomic E-state index is -4.11. The van der Waals surface area contributed by atoms with Gasteiger partial charge in [-0.05, 0) is 41.5 Å². The van der Waals surface area contributed by atoms with Gasteiger partial charge in [-0.15, -0.1) is 4.40 Å². The SMILES string of the molecule is O=C1C(C2=NS(=O)(=O)c3ccccc3N2)=C(O)[C@H](c2ccc(F)cc2)N1Cc1ccccc1Cl. The number of fused-ring (bicyclic) bond motifs is 1. The summed E-state index contributed by atoms with van der Waals surface area (Å²) < 4.78 is 42.8. The fourth-order valence-electron chi connectivity index (χ4n) is 4.06. The number of rotatable bonds is 4. The Kier molecular flexibility index (Phi) is 5.38. The Morgan fingerprint density at radius 3 is 2.44 bits per heavy atom. The Morgan fingerprint density at radius 1 is 1.03 bits per heavy atom. The first-order valence-corrected chi connectivity index (χ1v) is 12.0. The molecule has 172 valence electrons. The number of sulfonamides is 1. The number of amidine groups is 1. The van der Waals surface area contributed by atoms with Crippen molar-refractivity contribution >= 4 is 39.1 Å². The maximum atomic E-state index is 13.6. The predicted molar refractivity (Wildman–Crippen MR) is 125 cm³/mol. The fraction of sp³-hybridized carbons (Fsp3) is 0.0833. The largest absolute Gasteiger partial charge is 0.509 e. The van der Waals surface area contributed by atoms with Crippen LogP contribution in [0.5, 0.6) is 0 Å². The van der Waals surface area contributed by atoms with Gasteiger partial charge in [-0.2, -0.15) is 8.42 Å². The molecule has 34 heavy (non-hydrogen) atoms. The number of benzene rings is 3. The molecule has 1 amide bonds. The molecule has 0 fully saturated rings. The van der Waals surface area contributed by atoms with E-state index in [1.54, 1.807) is 36.4 Å². The second-order valence-electron chi connectivity index (χ2n) is 7.77. The van der Waals surface area contributed by atoms with Gasteiger partial charge in [0.2, 0.25) is 0 Å². The summed E-state index contributed by atoms with van der Waals surface area (Å²) in [5.41, 5.74) is 1.02. The lowest BCUT2D eigenvalue weighted by molar-refractivity contribution is -0.127. The van der Waals surface area contributed by atoms with Gasteiger partial charge in [0.05, 0.1) is 5.69 Å². The normalized spacial score (nSPS) is 19.0. The van der Waals surface area contributed by atoms with Crippen molar-refractivity contribution in [2.45, 2.75) is 17.5 Å². The molecule has 0 bridgehead atoms. The number of aliphatic hydroxyl groups excluding tert-OH is 1. The first kappa shape index (κ1) is 22.1. The Morgan fingerprint density at radius 2 is 1.71 bits per heavy atom. The number of aliphatic hydroxyl groups is 1. The first-order chi connectivity index (χ1) is 16.3. The molecular weight excluding hydrogens is 481 g/mol. The molecule has 2 N–H and O–H groups in total. The quantitative estimate of drug-likeness (QED) is 0.549. The highest BCUT2D eigenvalue weighted by Crippen LogP contribution is 2.40. The standard InChI is InChI=1S/C24H17ClFN3O4S/c25-17-6-2-1-5-15(17)13-29-21(14-9-11-16(26)12-10-14)22(30)20(24(29)31)23-27-18-7-3-4-8-19(18)34(32,33)28-23/h1-12,21,30H,13H2,(H,27,28)/t21-/m0/s1. The van der Waals surface area contributed by atoms with Gasteiger partial charge in [0, 0.05) is 11.6 Å². The zero-order valence-corrected chi connectivity index (χ0v) is 19.0. The summed E-state index contributed by atoms with van der Waals surface area (Å²) in [6, 6.07) is 17.4. The highest BCUT2D eigenvalue weighted by atomic mass is 35.5. The van der Waals surface area contributed by atoms with Crippen LogP contribution in [0.4, 0.5) is 10.1 Å². The Hall–Kier alpha value is -3.69. The molecule has 0 saturated heterocycles. The third kappa shape index (κ3) is 3.72. The highest BCUT2D eigenvalue weighted by Gasteiger charge is 2.44. The Balaban J connectivity index is 1.63. The minimum absolute atomic E-state index is 0.0186. The molecule has 3 aromatic carbocycles. The number of nitrogens with one attached hydrogen (secondary N) is 1. The van der Waals surface area contributed by atoms with Gasteiger partial charge in [-0.25, -0.2) is 4.39 Å². The molecule has 0 radical (unpaired) electrons. The molecular formula is C24H17ClFN3O4S. The van der Waals surface area contributed by atoms with Crippen LogP contribution in [-0.4, -0.2) is 30.2 Å². The van der Waals surface area contributed by atoms with Crippen LogP contribution >= 0.6 is 11.6 Å². The first-order valence-electron chi connectivity index (χ1n) is 10.2. The summed E-state index contributed by atoms with van der Waals surface area (Å²) in [5, 5.41) is 14.5. The second-order valence-corrected chi connectivity index (χ2v) is 9.75. The van der Waals surface area contributed by atoms with E-state index in [0.717, 1.165) is 0 Å². The zero-order chi connectivity index (χ0) is 24.0. The fourth-order valence-corrected chi connectivity index (χ4v) is 5.37. The average Bonchev–Trinajstić information content (AvgIpc) is 3.05. The lowest BCUT2D eigenvalue weighted by atomic mass is 10.0. The van der Waals surface area contributed by atoms with Crippen molar-refractivity contribution < 1.29 is 22.7 Å². The summed E-state index contributed by atoms with van der Waals surface area (Å²) in [6.45, 7) is 0.0186. The second kappa shape index (κ2) is 8.27. The molecule has 5 rings (SSSR count). The van der Waals surface area contributed by atoms with Crippen molar-refractivity contribution in [2.24, 2.45) is 4.40 Å². The Bertz CT molecular complexity index is 1490. The topological polar surface area (TPSA) is 99.1 Å². The number of nitrogens with zero attached hydrogens (tertiary/aromatic N) is 2. The summed E-state index contributed by atoms with van der Waals surface area (Å²) in [6.07, 6.45) is 0. The zero-order valence-electron chi connectivity index (χ0n) is 17.4. The van der Waals surface area contributed by atoms with Crippen molar-refractivity contribution in [1.82, 2.24) is 4.90 Å². The highest BCUT2D eigenvalue weighted by molar-refractivity contribution is 7.90. The molecule has 2 heterocycles. The minimum Gasteiger partial charge on any atom is -0.509 e. The van der Waals surface area contributed by atoms with Crippen molar-refractivity contribution in [1.29, 1.82) is 0 Å². The molecule has 0 aliphatic carbocycles. The predicted octanol–water partition coefficient (Wildman–Crippen LogP) is 4.59. The number of halogens is 2. The lowest BCUT2D eigenvalue weighted by Crippen LogP contribution is -2.33. The van der Waals surface area contributed by atoms with E-state index in [1.807, 2.05) is 0 Å². The monoisotopic (exact) mass is 497 g/mol. The molecule has 2 aliphatic heterocycles. The van der Waals surface area contributed by atoms with E-state index in [4.69, 9.17) is 11.6 Å². The van der Waals surface area contributed by atoms with Gasteiger partial charge in [0.25, 0.3) is 15.9 Å². The molecule has 2 aliphatic rings. The molecule has 7 nitrogen and oxygen atoms in total. The maximum Gasteiger partial charge on any atom is 0.286 e. The van der Waals surface area contributed by atoms with Crippen LogP contribution in [0.2, 0.25) is 5.02 Å². The van der Waals surface area contributed by atoms with E-state index in [0.29, 0.717) is 16.1 Å². The summed E-state index contributed by atoms with van der Waals surface area (Å²) in [4.78, 5) is 14.9. The third-order valence-corrected chi connectivity index (χ3v) is 7.36. The summed E-state index contributed by atoms with van der Waals surface area (Å²) >= 11 is 6.30. The van der Waals surface area contributed by atoms with Crippen LogP contribution in [-0.2, 0) is 21.4 Å². The molecule has 0 spiro atoms. The smallest absolute Gasteiger partial charge is 0.286 e. The van der Waals surface area contributed by atoms with Gasteiger partial charge in [-0.1, -0.05) is 54.1 Å². The van der Waals surface area contributed by atoms with Gasteiger partial charge < -0.3 is 15.3 Å². The van der Waals surface area contributed by atoms with Gasteiger partial charge in [-0.3, -0.25) is 4.79 Å². The van der Waals surface area contributed by atoms with E-state index in [2.05, 4.69) is 9.71 Å². The van der Waals surface area contributed by atoms with E-state index in [9.17, 15) is 22.7 Å². The van der Waals surface area contributed by atoms with Crippen molar-refractivity contribution in [3.8, 4) is 0 Å². The summed E-state index contributed by atoms with van der Waals surface area (Å²) in [5.74, 6) is -1.80. The number of amides is 1. The number of hydrogen-bond acceptors (Lipinski definition) is 5. The van der Waals surface area contributed by atoms with E-state index >= 15 is 0 Å². The molecule has 3 aromatic rings. The van der Waals surface area contributed by atoms with Crippen molar-refractivity contribution in [2.75, 3.05) is 5.32 Å². The number of hydrogen-bond donors (Lipinski definition) is 2. The average molecular weight is 498 g/mol. The molecule has 1 atom stereocenters. The summed E-state index contributed by atoms with van der Waals surface area (Å²) in [7, 11) is -4.11. The van der Waals surface area contributed by atoms with Crippen LogP contribution < -0.4 is 5.32 Å². The number of carbonyl (C=O) groups excluding carboxylic acids is 1. The molecule has 0 aromatic heterocycles. The molecule has 10 heteroatoms. The van der Waals surface area contributed by atoms with Gasteiger partial charge in [0.1, 0.15) is 28.1 Å². The Labute approximate surface area is 199 Å². The van der Waals surface area contributed by atoms with Crippen LogP contribution in [0.15, 0.2) is 93.4 Å². The van der Waals surface area contributed by atoms with Crippen LogP contribution in [0.3, 0.4) is 0 Å². The van der Waals surface area contributed by atoms with Crippen molar-refractivity contribution in [3.63, 3.8) is 0 Å². The van der Waals surface area contributed by atoms with Gasteiger partial charge >= 0.3 is 0 Å². The van der Waals surface area contributed by atoms with E-state index in [1.165, 1.54) is 41.3 Å². The number of anilines is 1. The maximum absolute atomic E-state index is 13.6. The van der Waals surface area contributed by atoms with E-state index < -0.39 is 33.5 Å². The lowest BCUT2D eigenvalue weighted by Gasteiger charge is -2.26. The van der Waals surface area contributed by atoms with Gasteiger partial charge in [0.15, 0.2) is 5.84 Å². The number of carbonyl (C=O) groups is 1. The van der Waals surface area contributed by atoms with Crippen LogP contribution in [0, 0.1) is 5.82 Å². The van der Waals surface area contributed by atoms with Crippen molar-refractivity contribution in [3.05, 3.63) is 106 Å². The third-order valence-electron chi connectivity index (χ3n) is 5.65. The molecule has 0 unspecified atom stereocenters. The van der Waals surface area contributed by atoms with Crippen LogP contribution in [0.1, 0.15) is 17.2 Å². The molecule has 0 saturated carbocycles.